The Hall–Kier alpha value is -1.86. The summed E-state index contributed by atoms with van der Waals surface area (Å²) in [6.45, 7) is 5.30. The SMILES string of the molecule is C[C@@H]1CN(c2ccc([N+](=O)[O-])c(NCCO)c2)CC[NH2+]1. The Morgan fingerprint density at radius 3 is 3.05 bits per heavy atom. The van der Waals surface area contributed by atoms with Crippen LogP contribution in [-0.4, -0.2) is 48.9 Å². The van der Waals surface area contributed by atoms with Crippen molar-refractivity contribution in [2.24, 2.45) is 0 Å². The number of nitro benzene ring substituents is 1. The van der Waals surface area contributed by atoms with Gasteiger partial charge in [-0.05, 0) is 19.1 Å². The van der Waals surface area contributed by atoms with Gasteiger partial charge in [-0.2, -0.15) is 0 Å². The number of nitrogens with zero attached hydrogens (tertiary/aromatic N) is 2. The quantitative estimate of drug-likeness (QED) is 0.512. The van der Waals surface area contributed by atoms with Crippen molar-refractivity contribution >= 4 is 17.1 Å². The van der Waals surface area contributed by atoms with Crippen molar-refractivity contribution in [3.63, 3.8) is 0 Å². The number of nitro groups is 1. The van der Waals surface area contributed by atoms with Gasteiger partial charge in [-0.25, -0.2) is 0 Å². The topological polar surface area (TPSA) is 95.2 Å². The Kier molecular flexibility index (Phi) is 4.75. The number of rotatable bonds is 5. The Morgan fingerprint density at radius 2 is 2.40 bits per heavy atom. The van der Waals surface area contributed by atoms with E-state index in [1.54, 1.807) is 12.1 Å². The Labute approximate surface area is 117 Å². The van der Waals surface area contributed by atoms with Gasteiger partial charge in [-0.1, -0.05) is 0 Å². The van der Waals surface area contributed by atoms with Crippen LogP contribution in [0.25, 0.3) is 0 Å². The lowest BCUT2D eigenvalue weighted by atomic mass is 10.1. The second kappa shape index (κ2) is 6.53. The maximum Gasteiger partial charge on any atom is 0.292 e. The second-order valence-corrected chi connectivity index (χ2v) is 5.06. The summed E-state index contributed by atoms with van der Waals surface area (Å²) in [7, 11) is 0. The molecule has 0 amide bonds. The van der Waals surface area contributed by atoms with Crippen LogP contribution in [0.1, 0.15) is 6.92 Å². The average Bonchev–Trinajstić information content (AvgIpc) is 2.44. The summed E-state index contributed by atoms with van der Waals surface area (Å²) >= 11 is 0. The van der Waals surface area contributed by atoms with Crippen molar-refractivity contribution in [1.82, 2.24) is 0 Å². The number of hydrogen-bond acceptors (Lipinski definition) is 5. The molecule has 0 bridgehead atoms. The van der Waals surface area contributed by atoms with Crippen LogP contribution in [0.2, 0.25) is 0 Å². The van der Waals surface area contributed by atoms with Crippen molar-refractivity contribution in [3.8, 4) is 0 Å². The average molecular weight is 281 g/mol. The summed E-state index contributed by atoms with van der Waals surface area (Å²) < 4.78 is 0. The minimum absolute atomic E-state index is 0.0406. The van der Waals surface area contributed by atoms with Gasteiger partial charge in [0.05, 0.1) is 31.2 Å². The molecule has 1 heterocycles. The molecular weight excluding hydrogens is 260 g/mol. The van der Waals surface area contributed by atoms with E-state index in [9.17, 15) is 10.1 Å². The first-order chi connectivity index (χ1) is 9.61. The highest BCUT2D eigenvalue weighted by molar-refractivity contribution is 5.69. The van der Waals surface area contributed by atoms with Crippen molar-refractivity contribution in [1.29, 1.82) is 0 Å². The summed E-state index contributed by atoms with van der Waals surface area (Å²) in [6, 6.07) is 5.64. The van der Waals surface area contributed by atoms with E-state index in [4.69, 9.17) is 5.11 Å². The molecule has 110 valence electrons. The molecule has 0 spiro atoms. The van der Waals surface area contributed by atoms with Gasteiger partial charge < -0.3 is 20.6 Å². The van der Waals surface area contributed by atoms with E-state index in [0.29, 0.717) is 18.3 Å². The monoisotopic (exact) mass is 281 g/mol. The standard InChI is InChI=1S/C13H20N4O3/c1-10-9-16(6-4-14-10)11-2-3-13(17(19)20)12(8-11)15-5-7-18/h2-3,8,10,14-15,18H,4-7,9H2,1H3/p+1/t10-/m1/s1. The smallest absolute Gasteiger partial charge is 0.292 e. The van der Waals surface area contributed by atoms with E-state index < -0.39 is 4.92 Å². The third-order valence-electron chi connectivity index (χ3n) is 3.45. The molecule has 1 atom stereocenters. The lowest BCUT2D eigenvalue weighted by Crippen LogP contribution is -2.94. The van der Waals surface area contributed by atoms with Crippen LogP contribution in [0.5, 0.6) is 0 Å². The number of aliphatic hydroxyl groups excluding tert-OH is 1. The third kappa shape index (κ3) is 3.37. The molecule has 0 aromatic heterocycles. The number of piperazine rings is 1. The number of nitrogens with one attached hydrogen (secondary N) is 1. The predicted octanol–water partition coefficient (Wildman–Crippen LogP) is -0.229. The number of anilines is 2. The molecule has 0 saturated carbocycles. The van der Waals surface area contributed by atoms with Gasteiger partial charge in [0.25, 0.3) is 5.69 Å². The van der Waals surface area contributed by atoms with E-state index in [2.05, 4.69) is 22.5 Å². The highest BCUT2D eigenvalue weighted by Gasteiger charge is 2.21. The zero-order valence-electron chi connectivity index (χ0n) is 11.6. The number of quaternary nitrogens is 1. The summed E-state index contributed by atoms with van der Waals surface area (Å²) in [4.78, 5) is 12.8. The number of aliphatic hydroxyl groups is 1. The molecule has 7 heteroatoms. The van der Waals surface area contributed by atoms with E-state index >= 15 is 0 Å². The van der Waals surface area contributed by atoms with Gasteiger partial charge in [-0.3, -0.25) is 10.1 Å². The predicted molar refractivity (Wildman–Crippen MR) is 77.1 cm³/mol. The molecule has 1 fully saturated rings. The molecule has 2 rings (SSSR count). The summed E-state index contributed by atoms with van der Waals surface area (Å²) in [6.07, 6.45) is 0. The van der Waals surface area contributed by atoms with Gasteiger partial charge in [-0.15, -0.1) is 0 Å². The molecule has 0 radical (unpaired) electrons. The first kappa shape index (κ1) is 14.5. The molecule has 20 heavy (non-hydrogen) atoms. The van der Waals surface area contributed by atoms with Crippen molar-refractivity contribution in [2.75, 3.05) is 43.0 Å². The summed E-state index contributed by atoms with van der Waals surface area (Å²) in [5, 5.41) is 25.1. The minimum Gasteiger partial charge on any atom is -0.395 e. The molecule has 4 N–H and O–H groups in total. The summed E-state index contributed by atoms with van der Waals surface area (Å²) in [5.74, 6) is 0. The maximum atomic E-state index is 11.0. The van der Waals surface area contributed by atoms with Gasteiger partial charge >= 0.3 is 0 Å². The van der Waals surface area contributed by atoms with Gasteiger partial charge in [0.1, 0.15) is 11.7 Å². The molecule has 1 saturated heterocycles. The molecule has 1 aromatic carbocycles. The number of nitrogens with two attached hydrogens (primary N) is 1. The number of benzene rings is 1. The molecule has 0 aliphatic carbocycles. The van der Waals surface area contributed by atoms with Crippen LogP contribution in [0.3, 0.4) is 0 Å². The second-order valence-electron chi connectivity index (χ2n) is 5.06. The maximum absolute atomic E-state index is 11.0. The molecule has 1 aliphatic heterocycles. The highest BCUT2D eigenvalue weighted by atomic mass is 16.6. The molecule has 1 aromatic rings. The van der Waals surface area contributed by atoms with Crippen LogP contribution < -0.4 is 15.5 Å². The highest BCUT2D eigenvalue weighted by Crippen LogP contribution is 2.29. The van der Waals surface area contributed by atoms with E-state index in [1.807, 2.05) is 0 Å². The fourth-order valence-electron chi connectivity index (χ4n) is 2.47. The van der Waals surface area contributed by atoms with Crippen molar-refractivity contribution in [3.05, 3.63) is 28.3 Å². The normalized spacial score (nSPS) is 18.9. The van der Waals surface area contributed by atoms with E-state index in [0.717, 1.165) is 25.3 Å². The van der Waals surface area contributed by atoms with Crippen LogP contribution in [0, 0.1) is 10.1 Å². The molecule has 7 nitrogen and oxygen atoms in total. The van der Waals surface area contributed by atoms with Gasteiger partial charge in [0.15, 0.2) is 0 Å². The molecule has 0 unspecified atom stereocenters. The zero-order chi connectivity index (χ0) is 14.5. The third-order valence-corrected chi connectivity index (χ3v) is 3.45. The lowest BCUT2D eigenvalue weighted by molar-refractivity contribution is -0.687. The summed E-state index contributed by atoms with van der Waals surface area (Å²) in [5.41, 5.74) is 1.48. The van der Waals surface area contributed by atoms with Crippen LogP contribution in [0.4, 0.5) is 17.1 Å². The Morgan fingerprint density at radius 1 is 1.60 bits per heavy atom. The minimum atomic E-state index is -0.407. The largest absolute Gasteiger partial charge is 0.395 e. The van der Waals surface area contributed by atoms with Gasteiger partial charge in [0.2, 0.25) is 0 Å². The number of hydrogen-bond donors (Lipinski definition) is 3. The first-order valence-corrected chi connectivity index (χ1v) is 6.83. The molecular formula is C13H21N4O3+. The van der Waals surface area contributed by atoms with Crippen LogP contribution in [0.15, 0.2) is 18.2 Å². The fourth-order valence-corrected chi connectivity index (χ4v) is 2.47. The van der Waals surface area contributed by atoms with Crippen LogP contribution in [-0.2, 0) is 0 Å². The first-order valence-electron chi connectivity index (χ1n) is 6.83. The van der Waals surface area contributed by atoms with E-state index in [1.165, 1.54) is 6.07 Å². The van der Waals surface area contributed by atoms with E-state index in [-0.39, 0.29) is 12.3 Å². The van der Waals surface area contributed by atoms with Gasteiger partial charge in [0, 0.05) is 18.3 Å². The lowest BCUT2D eigenvalue weighted by Gasteiger charge is -2.31. The fraction of sp³-hybridized carbons (Fsp3) is 0.538. The molecule has 1 aliphatic rings. The Bertz CT molecular complexity index is 481. The van der Waals surface area contributed by atoms with Crippen molar-refractivity contribution < 1.29 is 15.3 Å². The Balaban J connectivity index is 2.23. The zero-order valence-corrected chi connectivity index (χ0v) is 11.6. The van der Waals surface area contributed by atoms with Crippen LogP contribution >= 0.6 is 0 Å². The van der Waals surface area contributed by atoms with Crippen molar-refractivity contribution in [2.45, 2.75) is 13.0 Å².